The second kappa shape index (κ2) is 4.81. The molecule has 3 rings (SSSR count). The number of rotatable bonds is 1. The van der Waals surface area contributed by atoms with Gasteiger partial charge in [-0.25, -0.2) is 4.99 Å². The van der Waals surface area contributed by atoms with E-state index in [9.17, 15) is 0 Å². The Bertz CT molecular complexity index is 582. The average molecular weight is 271 g/mol. The van der Waals surface area contributed by atoms with Crippen LogP contribution in [0.1, 0.15) is 36.8 Å². The molecule has 5 heteroatoms. The Morgan fingerprint density at radius 3 is 2.75 bits per heavy atom. The predicted molar refractivity (Wildman–Crippen MR) is 82.9 cm³/mol. The lowest BCUT2D eigenvalue weighted by Crippen LogP contribution is -2.52. The first kappa shape index (κ1) is 13.0. The molecular formula is C15H21N5. The number of anilines is 1. The third-order valence-corrected chi connectivity index (χ3v) is 3.98. The topological polar surface area (TPSA) is 74.8 Å². The molecule has 0 amide bonds. The molecule has 0 aromatic heterocycles. The monoisotopic (exact) mass is 271 g/mol. The molecule has 1 aromatic carbocycles. The molecule has 0 saturated heterocycles. The van der Waals surface area contributed by atoms with Gasteiger partial charge in [-0.1, -0.05) is 12.1 Å². The summed E-state index contributed by atoms with van der Waals surface area (Å²) < 4.78 is 0. The summed E-state index contributed by atoms with van der Waals surface area (Å²) >= 11 is 0. The third-order valence-electron chi connectivity index (χ3n) is 3.98. The van der Waals surface area contributed by atoms with Gasteiger partial charge in [0.1, 0.15) is 5.66 Å². The normalized spacial score (nSPS) is 20.3. The molecular weight excluding hydrogens is 250 g/mol. The highest BCUT2D eigenvalue weighted by molar-refractivity contribution is 6.03. The molecule has 2 aliphatic rings. The molecule has 0 bridgehead atoms. The van der Waals surface area contributed by atoms with E-state index in [0.29, 0.717) is 11.9 Å². The summed E-state index contributed by atoms with van der Waals surface area (Å²) in [7, 11) is 0. The Balaban J connectivity index is 1.84. The van der Waals surface area contributed by atoms with Crippen molar-refractivity contribution in [2.75, 3.05) is 5.32 Å². The van der Waals surface area contributed by atoms with E-state index in [0.717, 1.165) is 18.5 Å². The summed E-state index contributed by atoms with van der Waals surface area (Å²) in [5.41, 5.74) is 9.09. The van der Waals surface area contributed by atoms with E-state index in [1.807, 2.05) is 0 Å². The first-order valence-electron chi connectivity index (χ1n) is 7.13. The molecule has 1 aliphatic carbocycles. The van der Waals surface area contributed by atoms with Crippen LogP contribution in [0.25, 0.3) is 0 Å². The van der Waals surface area contributed by atoms with Crippen LogP contribution in [0.4, 0.5) is 5.69 Å². The maximum absolute atomic E-state index is 5.88. The fraction of sp³-hybridized carbons (Fsp3) is 0.467. The van der Waals surface area contributed by atoms with Crippen LogP contribution in [0.15, 0.2) is 28.2 Å². The van der Waals surface area contributed by atoms with E-state index >= 15 is 0 Å². The zero-order chi connectivity index (χ0) is 14.2. The predicted octanol–water partition coefficient (Wildman–Crippen LogP) is 2.26. The van der Waals surface area contributed by atoms with Crippen molar-refractivity contribution in [3.8, 4) is 0 Å². The third kappa shape index (κ3) is 2.48. The van der Waals surface area contributed by atoms with Crippen LogP contribution in [0.5, 0.6) is 0 Å². The lowest BCUT2D eigenvalue weighted by Gasteiger charge is -2.31. The van der Waals surface area contributed by atoms with Crippen LogP contribution in [0, 0.1) is 13.8 Å². The van der Waals surface area contributed by atoms with Crippen molar-refractivity contribution in [3.63, 3.8) is 0 Å². The largest absolute Gasteiger partial charge is 0.368 e. The highest BCUT2D eigenvalue weighted by Gasteiger charge is 2.36. The van der Waals surface area contributed by atoms with Crippen molar-refractivity contribution in [1.82, 2.24) is 5.32 Å². The van der Waals surface area contributed by atoms with Crippen molar-refractivity contribution >= 4 is 17.6 Å². The van der Waals surface area contributed by atoms with Crippen molar-refractivity contribution in [3.05, 3.63) is 29.3 Å². The molecule has 1 fully saturated rings. The van der Waals surface area contributed by atoms with Gasteiger partial charge in [0.25, 0.3) is 0 Å². The molecule has 1 aromatic rings. The number of nitrogens with one attached hydrogen (secondary N) is 2. The number of guanidine groups is 2. The summed E-state index contributed by atoms with van der Waals surface area (Å²) in [5.74, 6) is 1.06. The van der Waals surface area contributed by atoms with Gasteiger partial charge in [-0.3, -0.25) is 0 Å². The quantitative estimate of drug-likeness (QED) is 0.733. The molecule has 106 valence electrons. The number of hydrogen-bond acceptors (Lipinski definition) is 5. The molecule has 1 saturated carbocycles. The van der Waals surface area contributed by atoms with Gasteiger partial charge >= 0.3 is 0 Å². The number of nitrogens with two attached hydrogens (primary N) is 1. The summed E-state index contributed by atoms with van der Waals surface area (Å²) in [6.07, 6.45) is 4.39. The van der Waals surface area contributed by atoms with Crippen LogP contribution in [-0.4, -0.2) is 17.6 Å². The van der Waals surface area contributed by atoms with Crippen LogP contribution in [0.2, 0.25) is 0 Å². The Morgan fingerprint density at radius 1 is 1.25 bits per heavy atom. The van der Waals surface area contributed by atoms with Crippen LogP contribution in [0.3, 0.4) is 0 Å². The maximum atomic E-state index is 5.88. The van der Waals surface area contributed by atoms with E-state index in [2.05, 4.69) is 52.7 Å². The fourth-order valence-corrected chi connectivity index (χ4v) is 2.89. The van der Waals surface area contributed by atoms with Gasteiger partial charge in [0.2, 0.25) is 11.9 Å². The molecule has 5 nitrogen and oxygen atoms in total. The Kier molecular flexibility index (Phi) is 3.12. The zero-order valence-corrected chi connectivity index (χ0v) is 12.0. The van der Waals surface area contributed by atoms with Gasteiger partial charge in [0.05, 0.1) is 0 Å². The van der Waals surface area contributed by atoms with Gasteiger partial charge in [0.15, 0.2) is 0 Å². The van der Waals surface area contributed by atoms with Gasteiger partial charge in [-0.2, -0.15) is 4.99 Å². The van der Waals surface area contributed by atoms with Crippen LogP contribution >= 0.6 is 0 Å². The molecule has 1 spiro atoms. The molecule has 0 unspecified atom stereocenters. The van der Waals surface area contributed by atoms with Crippen molar-refractivity contribution in [2.24, 2.45) is 15.7 Å². The maximum Gasteiger partial charge on any atom is 0.220 e. The van der Waals surface area contributed by atoms with Crippen LogP contribution < -0.4 is 16.4 Å². The van der Waals surface area contributed by atoms with E-state index < -0.39 is 0 Å². The van der Waals surface area contributed by atoms with E-state index in [-0.39, 0.29) is 5.66 Å². The highest BCUT2D eigenvalue weighted by Crippen LogP contribution is 2.32. The second-order valence-electron chi connectivity index (χ2n) is 5.74. The minimum absolute atomic E-state index is 0.244. The molecule has 4 N–H and O–H groups in total. The number of aryl methyl sites for hydroxylation is 2. The van der Waals surface area contributed by atoms with E-state index in [1.54, 1.807) is 0 Å². The summed E-state index contributed by atoms with van der Waals surface area (Å²) in [5, 5.41) is 6.78. The van der Waals surface area contributed by atoms with E-state index in [1.165, 1.54) is 24.0 Å². The molecule has 0 radical (unpaired) electrons. The minimum atomic E-state index is -0.244. The Hall–Kier alpha value is -2.04. The van der Waals surface area contributed by atoms with Crippen molar-refractivity contribution in [1.29, 1.82) is 0 Å². The van der Waals surface area contributed by atoms with E-state index in [4.69, 9.17) is 5.73 Å². The standard InChI is InChI=1S/C15H21N5/c1-10-5-6-11(2)12(9-10)17-14-18-13(16)19-15(20-14)7-3-4-8-15/h5-6,9H,3-4,7-8H2,1-2H3,(H4,16,17,18,19,20). The summed E-state index contributed by atoms with van der Waals surface area (Å²) in [4.78, 5) is 8.79. The summed E-state index contributed by atoms with van der Waals surface area (Å²) in [6.45, 7) is 4.16. The van der Waals surface area contributed by atoms with Crippen molar-refractivity contribution < 1.29 is 0 Å². The molecule has 20 heavy (non-hydrogen) atoms. The number of aliphatic imine (C=N–C) groups is 2. The minimum Gasteiger partial charge on any atom is -0.368 e. The smallest absolute Gasteiger partial charge is 0.220 e. The fourth-order valence-electron chi connectivity index (χ4n) is 2.89. The number of hydrogen-bond donors (Lipinski definition) is 3. The molecule has 0 atom stereocenters. The molecule has 1 heterocycles. The summed E-state index contributed by atoms with van der Waals surface area (Å²) in [6, 6.07) is 6.32. The van der Waals surface area contributed by atoms with Crippen molar-refractivity contribution in [2.45, 2.75) is 45.2 Å². The second-order valence-corrected chi connectivity index (χ2v) is 5.74. The van der Waals surface area contributed by atoms with Gasteiger partial charge in [-0.15, -0.1) is 0 Å². The van der Waals surface area contributed by atoms with Crippen LogP contribution in [-0.2, 0) is 0 Å². The lowest BCUT2D eigenvalue weighted by atomic mass is 10.1. The SMILES string of the molecule is Cc1ccc(C)c(NC2=NC(N)=NC3(CCCC3)N2)c1. The number of nitrogens with zero attached hydrogens (tertiary/aromatic N) is 2. The van der Waals surface area contributed by atoms with Gasteiger partial charge in [0, 0.05) is 5.69 Å². The van der Waals surface area contributed by atoms with Gasteiger partial charge < -0.3 is 16.4 Å². The van der Waals surface area contributed by atoms with Gasteiger partial charge in [-0.05, 0) is 56.7 Å². The highest BCUT2D eigenvalue weighted by atomic mass is 15.3. The Labute approximate surface area is 119 Å². The average Bonchev–Trinajstić information content (AvgIpc) is 2.80. The lowest BCUT2D eigenvalue weighted by molar-refractivity contribution is 0.404. The number of benzene rings is 1. The first-order valence-corrected chi connectivity index (χ1v) is 7.13. The molecule has 1 aliphatic heterocycles. The zero-order valence-electron chi connectivity index (χ0n) is 12.0. The first-order chi connectivity index (χ1) is 9.56. The Morgan fingerprint density at radius 2 is 2.00 bits per heavy atom.